The van der Waals surface area contributed by atoms with E-state index in [-0.39, 0.29) is 62.7 Å². The summed E-state index contributed by atoms with van der Waals surface area (Å²) >= 11 is 4.15. The van der Waals surface area contributed by atoms with Gasteiger partial charge in [0.15, 0.2) is 34.5 Å². The van der Waals surface area contributed by atoms with Gasteiger partial charge in [-0.1, -0.05) is 90.5 Å². The van der Waals surface area contributed by atoms with E-state index in [1.807, 2.05) is 126 Å². The monoisotopic (exact) mass is 1670 g/mol. The van der Waals surface area contributed by atoms with E-state index >= 15 is 0 Å². The Morgan fingerprint density at radius 3 is 1.26 bits per heavy atom. The van der Waals surface area contributed by atoms with Crippen molar-refractivity contribution in [1.29, 1.82) is 0 Å². The fourth-order valence-corrected chi connectivity index (χ4v) is 15.9. The Hall–Kier alpha value is -11.9. The zero-order valence-corrected chi connectivity index (χ0v) is 67.0. The minimum atomic E-state index is -4.43. The fraction of sp³-hybridized carbons (Fsp3) is 0.250. The molecule has 30 heteroatoms. The van der Waals surface area contributed by atoms with E-state index in [9.17, 15) is 45.1 Å². The fourth-order valence-electron chi connectivity index (χ4n) is 13.5. The normalized spacial score (nSPS) is 13.3. The summed E-state index contributed by atoms with van der Waals surface area (Å²) in [6.45, 7) is 13.2. The molecule has 1 saturated heterocycles. The lowest BCUT2D eigenvalue weighted by Crippen LogP contribution is -2.48. The summed E-state index contributed by atoms with van der Waals surface area (Å²) in [6.07, 6.45) is -8.85. The summed E-state index contributed by atoms with van der Waals surface area (Å²) in [7, 11) is 1.64. The highest BCUT2D eigenvalue weighted by Gasteiger charge is 2.33. The molecule has 0 atom stereocenters. The lowest BCUT2D eigenvalue weighted by atomic mass is 10.1. The minimum Gasteiger partial charge on any atom is -0.497 e. The quantitative estimate of drug-likeness (QED) is 0.0512. The van der Waals surface area contributed by atoms with Crippen molar-refractivity contribution in [3.63, 3.8) is 0 Å². The number of thiazole rings is 3. The molecule has 2 N–H and O–H groups in total. The highest BCUT2D eigenvalue weighted by molar-refractivity contribution is 7.10. The number of nitrogens with one attached hydrogen (secondary N) is 2. The summed E-state index contributed by atoms with van der Waals surface area (Å²) in [5.41, 5.74) is 10.5. The zero-order chi connectivity index (χ0) is 82.5. The van der Waals surface area contributed by atoms with E-state index in [4.69, 9.17) is 33.2 Å². The van der Waals surface area contributed by atoms with Crippen molar-refractivity contribution in [3.8, 4) is 40.2 Å². The van der Waals surface area contributed by atoms with Gasteiger partial charge in [-0.15, -0.1) is 34.0 Å². The molecule has 0 radical (unpaired) electrons. The van der Waals surface area contributed by atoms with Gasteiger partial charge in [-0.3, -0.25) is 29.1 Å². The van der Waals surface area contributed by atoms with Gasteiger partial charge in [0.05, 0.1) is 37.9 Å². The second kappa shape index (κ2) is 37.6. The van der Waals surface area contributed by atoms with E-state index in [1.165, 1.54) is 87.6 Å². The molecule has 16 rings (SSSR count). The van der Waals surface area contributed by atoms with Crippen molar-refractivity contribution >= 4 is 68.8 Å². The molecule has 3 aromatic heterocycles. The zero-order valence-electron chi connectivity index (χ0n) is 64.6. The Morgan fingerprint density at radius 2 is 0.822 bits per heavy atom. The predicted octanol–water partition coefficient (Wildman–Crippen LogP) is 18.8. The molecule has 0 aliphatic carbocycles. The van der Waals surface area contributed by atoms with Crippen LogP contribution in [0.4, 0.5) is 47.8 Å². The highest BCUT2D eigenvalue weighted by Crippen LogP contribution is 2.38. The second-order valence-corrected chi connectivity index (χ2v) is 31.3. The summed E-state index contributed by atoms with van der Waals surface area (Å²) in [5, 5.41) is 13.1. The first-order valence-corrected chi connectivity index (χ1v) is 40.2. The van der Waals surface area contributed by atoms with Crippen molar-refractivity contribution in [2.75, 3.05) is 69.2 Å². The van der Waals surface area contributed by atoms with Crippen LogP contribution in [0.15, 0.2) is 210 Å². The molecular weight excluding hydrogens is 1590 g/mol. The smallest absolute Gasteiger partial charge is 0.416 e. The Morgan fingerprint density at radius 1 is 0.424 bits per heavy atom. The number of nitrogens with zero attached hydrogens (tertiary/aromatic N) is 8. The molecule has 7 heterocycles. The van der Waals surface area contributed by atoms with Crippen LogP contribution in [-0.4, -0.2) is 106 Å². The van der Waals surface area contributed by atoms with Crippen LogP contribution in [0.2, 0.25) is 0 Å². The number of aromatic nitrogens is 3. The summed E-state index contributed by atoms with van der Waals surface area (Å²) < 4.78 is 131. The third-order valence-corrected chi connectivity index (χ3v) is 22.2. The van der Waals surface area contributed by atoms with Crippen molar-refractivity contribution < 1.29 is 78.3 Å². The first kappa shape index (κ1) is 82.6. The molecule has 0 saturated carbocycles. The highest BCUT2D eigenvalue weighted by atomic mass is 32.1. The number of rotatable bonds is 25. The summed E-state index contributed by atoms with van der Waals surface area (Å²) in [5.74, 6) is 3.78. The van der Waals surface area contributed by atoms with Crippen molar-refractivity contribution in [2.45, 2.75) is 92.0 Å². The Bertz CT molecular complexity index is 5490. The Balaban J connectivity index is 0.000000146. The molecule has 1 fully saturated rings. The van der Waals surface area contributed by atoms with Crippen molar-refractivity contribution in [3.05, 3.63) is 309 Å². The molecule has 4 aliphatic rings. The standard InChI is InChI=1S/C32H31F3N4O4S.C29H26F3N3O3S.C27H24FN3O3S/c1-41-26-8-6-25(7-9-26)38-11-13-39(14-12-38)31(40)27-20-44-30(36-27)19-37(17-22-3-2-4-24(15-22)32(33,34)35)18-23-5-10-28-29(16-23)43-21-42-28;1-18-6-8-23(10-19(18)2)33-28(36)24-16-39-27(34-24)15-35(13-20-4-3-5-22(11-20)29(30,31)32)14-21-7-9-25-26(12-21)38-17-37-25;1-18-2-4-19(5-3-18)13-31(14-20-6-11-24-25(12-20)34-17-33-24)15-26-30-23(16-35-26)27(32)29-22-9-7-21(28)8-10-22/h2-10,15-16,20H,11-14,17-19,21H2,1H3;3-12,16H,13-15,17H2,1-2H3,(H,33,36);2-12,16H,13-15,17H2,1H3,(H,29,32). The van der Waals surface area contributed by atoms with Crippen molar-refractivity contribution in [2.24, 2.45) is 0 Å². The number of amides is 3. The maximum absolute atomic E-state index is 13.4. The first-order chi connectivity index (χ1) is 56.9. The summed E-state index contributed by atoms with van der Waals surface area (Å²) in [6, 6.07) is 55.5. The van der Waals surface area contributed by atoms with Gasteiger partial charge in [0.25, 0.3) is 17.7 Å². The number of piperazine rings is 1. The lowest BCUT2D eigenvalue weighted by Gasteiger charge is -2.35. The largest absolute Gasteiger partial charge is 0.497 e. The molecule has 3 amide bonds. The average molecular weight is 1670 g/mol. The van der Waals surface area contributed by atoms with Gasteiger partial charge in [0.1, 0.15) is 43.7 Å². The molecule has 0 spiro atoms. The molecule has 610 valence electrons. The van der Waals surface area contributed by atoms with Crippen molar-refractivity contribution in [1.82, 2.24) is 34.6 Å². The number of methoxy groups -OCH3 is 1. The van der Waals surface area contributed by atoms with E-state index < -0.39 is 23.5 Å². The van der Waals surface area contributed by atoms with Crippen LogP contribution < -0.4 is 48.7 Å². The van der Waals surface area contributed by atoms with E-state index in [2.05, 4.69) is 66.6 Å². The van der Waals surface area contributed by atoms with E-state index in [1.54, 1.807) is 35.4 Å². The number of carbonyl (C=O) groups excluding carboxylic acids is 3. The summed E-state index contributed by atoms with van der Waals surface area (Å²) in [4.78, 5) is 62.8. The topological polar surface area (TPSA) is 195 Å². The van der Waals surface area contributed by atoms with Gasteiger partial charge >= 0.3 is 12.4 Å². The molecule has 20 nitrogen and oxygen atoms in total. The van der Waals surface area contributed by atoms with Crippen LogP contribution in [-0.2, 0) is 71.3 Å². The Labute approximate surface area is 688 Å². The lowest BCUT2D eigenvalue weighted by molar-refractivity contribution is -0.138. The molecule has 9 aromatic carbocycles. The van der Waals surface area contributed by atoms with Gasteiger partial charge in [-0.2, -0.15) is 26.3 Å². The molecule has 12 aromatic rings. The molecule has 0 bridgehead atoms. The van der Waals surface area contributed by atoms with Crippen LogP contribution in [0.5, 0.6) is 40.2 Å². The number of hydrogen-bond donors (Lipinski definition) is 2. The SMILES string of the molecule is COc1ccc(N2CCN(C(=O)c3csc(CN(Cc4cccc(C(F)(F)F)c4)Cc4ccc5c(c4)OCO5)n3)CC2)cc1.Cc1ccc(CN(Cc2ccc3c(c2)OCO3)Cc2nc(C(=O)Nc3ccc(F)cc3)cs2)cc1.Cc1ccc(NC(=O)c2csc(CN(Cc3cccc(C(F)(F)F)c3)Cc3ccc4c(c3)OCO4)n2)cc1C. The number of hydrogen-bond acceptors (Lipinski definition) is 20. The maximum Gasteiger partial charge on any atom is 0.416 e. The van der Waals surface area contributed by atoms with Crippen LogP contribution >= 0.6 is 34.0 Å². The molecule has 0 unspecified atom stereocenters. The first-order valence-electron chi connectivity index (χ1n) is 37.6. The van der Waals surface area contributed by atoms with E-state index in [0.717, 1.165) is 80.5 Å². The van der Waals surface area contributed by atoms with Gasteiger partial charge in [-0.05, 0) is 174 Å². The number of alkyl halides is 6. The van der Waals surface area contributed by atoms with Crippen LogP contribution in [0.3, 0.4) is 0 Å². The number of aryl methyl sites for hydroxylation is 3. The van der Waals surface area contributed by atoms with Gasteiger partial charge < -0.3 is 53.6 Å². The number of carbonyl (C=O) groups is 3. The van der Waals surface area contributed by atoms with E-state index in [0.29, 0.717) is 132 Å². The number of anilines is 3. The number of halogens is 7. The number of fused-ring (bicyclic) bond motifs is 3. The number of ether oxygens (including phenoxy) is 7. The molecule has 4 aliphatic heterocycles. The maximum atomic E-state index is 13.4. The predicted molar refractivity (Wildman–Crippen MR) is 436 cm³/mol. The Kier molecular flexibility index (Phi) is 26.3. The average Bonchev–Trinajstić information content (AvgIpc) is 1.64. The third-order valence-electron chi connectivity index (χ3n) is 19.7. The van der Waals surface area contributed by atoms with Gasteiger partial charge in [0, 0.05) is 98.6 Å². The second-order valence-electron chi connectivity index (χ2n) is 28.5. The van der Waals surface area contributed by atoms with Crippen LogP contribution in [0, 0.1) is 26.6 Å². The number of benzene rings is 9. The molecule has 118 heavy (non-hydrogen) atoms. The minimum absolute atomic E-state index is 0.123. The molecular formula is C88H81F7N10O10S3. The third kappa shape index (κ3) is 22.2. The van der Waals surface area contributed by atoms with Crippen LogP contribution in [0.1, 0.15) is 108 Å². The van der Waals surface area contributed by atoms with Crippen LogP contribution in [0.25, 0.3) is 0 Å². The van der Waals surface area contributed by atoms with Gasteiger partial charge in [0.2, 0.25) is 20.4 Å². The van der Waals surface area contributed by atoms with Gasteiger partial charge in [-0.25, -0.2) is 19.3 Å².